The van der Waals surface area contributed by atoms with Crippen molar-refractivity contribution in [3.63, 3.8) is 0 Å². The molecule has 0 aliphatic heterocycles. The van der Waals surface area contributed by atoms with Crippen molar-refractivity contribution in [1.29, 1.82) is 0 Å². The fraction of sp³-hybridized carbons (Fsp3) is 0.733. The minimum Gasteiger partial charge on any atom is -0.378 e. The van der Waals surface area contributed by atoms with Crippen molar-refractivity contribution in [1.82, 2.24) is 9.78 Å². The van der Waals surface area contributed by atoms with Gasteiger partial charge < -0.3 is 15.8 Å². The van der Waals surface area contributed by atoms with E-state index in [0.29, 0.717) is 13.0 Å². The third-order valence-electron chi connectivity index (χ3n) is 4.72. The second kappa shape index (κ2) is 5.42. The Morgan fingerprint density at radius 3 is 2.76 bits per heavy atom. The number of amides is 1. The summed E-state index contributed by atoms with van der Waals surface area (Å²) < 4.78 is 7.36. The zero-order chi connectivity index (χ0) is 15.8. The first-order chi connectivity index (χ1) is 9.76. The molecule has 2 rings (SSSR count). The van der Waals surface area contributed by atoms with Crippen molar-refractivity contribution < 1.29 is 9.53 Å². The molecule has 3 N–H and O–H groups in total. The average molecular weight is 294 g/mol. The molecule has 1 saturated carbocycles. The predicted molar refractivity (Wildman–Crippen MR) is 81.9 cm³/mol. The first-order valence-corrected chi connectivity index (χ1v) is 7.50. The monoisotopic (exact) mass is 294 g/mol. The Morgan fingerprint density at radius 2 is 2.24 bits per heavy atom. The van der Waals surface area contributed by atoms with Crippen LogP contribution in [0, 0.1) is 5.41 Å². The van der Waals surface area contributed by atoms with Crippen molar-refractivity contribution in [3.05, 3.63) is 11.9 Å². The molecule has 2 atom stereocenters. The number of carbonyl (C=O) groups is 1. The Kier molecular flexibility index (Phi) is 4.13. The third-order valence-corrected chi connectivity index (χ3v) is 4.72. The lowest BCUT2D eigenvalue weighted by Crippen LogP contribution is -2.74. The van der Waals surface area contributed by atoms with E-state index in [9.17, 15) is 4.79 Å². The molecule has 1 amide bonds. The fourth-order valence-corrected chi connectivity index (χ4v) is 2.95. The maximum absolute atomic E-state index is 12.6. The van der Waals surface area contributed by atoms with Gasteiger partial charge in [0.2, 0.25) is 5.91 Å². The lowest BCUT2D eigenvalue weighted by atomic mass is 9.54. The van der Waals surface area contributed by atoms with E-state index in [1.807, 2.05) is 40.9 Å². The van der Waals surface area contributed by atoms with Crippen molar-refractivity contribution in [2.45, 2.75) is 52.2 Å². The molecule has 0 saturated heterocycles. The van der Waals surface area contributed by atoms with E-state index in [2.05, 4.69) is 10.4 Å². The standard InChI is InChI=1S/C15H26N4O2/c1-6-10-11(9-19(5)18-10)17-13(20)15(16)8-12(21-7-2)14(15,3)4/h9,12H,6-8,16H2,1-5H3,(H,17,20). The van der Waals surface area contributed by atoms with E-state index >= 15 is 0 Å². The van der Waals surface area contributed by atoms with Gasteiger partial charge in [0.25, 0.3) is 0 Å². The van der Waals surface area contributed by atoms with Crippen LogP contribution in [-0.2, 0) is 23.0 Å². The van der Waals surface area contributed by atoms with Gasteiger partial charge in [-0.05, 0) is 13.3 Å². The highest BCUT2D eigenvalue weighted by Crippen LogP contribution is 2.50. The van der Waals surface area contributed by atoms with E-state index in [0.717, 1.165) is 17.8 Å². The highest BCUT2D eigenvalue weighted by atomic mass is 16.5. The summed E-state index contributed by atoms with van der Waals surface area (Å²) in [5.41, 5.74) is 6.69. The molecule has 0 bridgehead atoms. The van der Waals surface area contributed by atoms with Crippen molar-refractivity contribution in [2.24, 2.45) is 18.2 Å². The minimum absolute atomic E-state index is 0.0257. The molecule has 0 aromatic carbocycles. The lowest BCUT2D eigenvalue weighted by molar-refractivity contribution is -0.166. The number of aryl methyl sites for hydroxylation is 2. The van der Waals surface area contributed by atoms with Crippen LogP contribution in [0.5, 0.6) is 0 Å². The number of nitrogens with one attached hydrogen (secondary N) is 1. The molecular weight excluding hydrogens is 268 g/mol. The molecule has 2 unspecified atom stereocenters. The number of nitrogens with zero attached hydrogens (tertiary/aromatic N) is 2. The first kappa shape index (κ1) is 16.0. The van der Waals surface area contributed by atoms with Gasteiger partial charge in [0.15, 0.2) is 0 Å². The summed E-state index contributed by atoms with van der Waals surface area (Å²) in [7, 11) is 1.84. The van der Waals surface area contributed by atoms with Gasteiger partial charge in [-0.15, -0.1) is 0 Å². The number of hydrogen-bond donors (Lipinski definition) is 2. The van der Waals surface area contributed by atoms with Gasteiger partial charge >= 0.3 is 0 Å². The number of aromatic nitrogens is 2. The highest BCUT2D eigenvalue weighted by molar-refractivity contribution is 6.00. The largest absolute Gasteiger partial charge is 0.378 e. The third kappa shape index (κ3) is 2.46. The van der Waals surface area contributed by atoms with Crippen molar-refractivity contribution >= 4 is 11.6 Å². The highest BCUT2D eigenvalue weighted by Gasteiger charge is 2.62. The summed E-state index contributed by atoms with van der Waals surface area (Å²) in [6, 6.07) is 0. The summed E-state index contributed by atoms with van der Waals surface area (Å²) in [5, 5.41) is 7.27. The molecule has 1 aliphatic rings. The number of rotatable bonds is 5. The van der Waals surface area contributed by atoms with Crippen LogP contribution in [0.1, 0.15) is 39.8 Å². The summed E-state index contributed by atoms with van der Waals surface area (Å²) in [5.74, 6) is -0.161. The molecule has 1 fully saturated rings. The van der Waals surface area contributed by atoms with E-state index in [1.165, 1.54) is 0 Å². The summed E-state index contributed by atoms with van der Waals surface area (Å²) in [6.07, 6.45) is 3.14. The Hall–Kier alpha value is -1.40. The van der Waals surface area contributed by atoms with Crippen LogP contribution >= 0.6 is 0 Å². The number of anilines is 1. The van der Waals surface area contributed by atoms with Crippen LogP contribution in [0.2, 0.25) is 0 Å². The molecule has 1 heterocycles. The average Bonchev–Trinajstić information content (AvgIpc) is 2.78. The van der Waals surface area contributed by atoms with Crippen LogP contribution in [0.4, 0.5) is 5.69 Å². The first-order valence-electron chi connectivity index (χ1n) is 7.50. The molecule has 118 valence electrons. The fourth-order valence-electron chi connectivity index (χ4n) is 2.95. The Bertz CT molecular complexity index is 538. The molecule has 6 heteroatoms. The van der Waals surface area contributed by atoms with Crippen molar-refractivity contribution in [2.75, 3.05) is 11.9 Å². The summed E-state index contributed by atoms with van der Waals surface area (Å²) in [4.78, 5) is 12.6. The predicted octanol–water partition coefficient (Wildman–Crippen LogP) is 1.45. The molecule has 6 nitrogen and oxygen atoms in total. The SMILES string of the molecule is CCOC1CC(N)(C(=O)Nc2cn(C)nc2CC)C1(C)C. The number of carbonyl (C=O) groups excluding carboxylic acids is 1. The quantitative estimate of drug-likeness (QED) is 0.861. The second-order valence-electron chi connectivity index (χ2n) is 6.31. The minimum atomic E-state index is -0.909. The molecule has 21 heavy (non-hydrogen) atoms. The maximum atomic E-state index is 12.6. The number of ether oxygens (including phenoxy) is 1. The summed E-state index contributed by atoms with van der Waals surface area (Å²) in [6.45, 7) is 8.57. The van der Waals surface area contributed by atoms with Gasteiger partial charge in [0, 0.05) is 31.7 Å². The van der Waals surface area contributed by atoms with Crippen LogP contribution in [0.3, 0.4) is 0 Å². The Labute approximate surface area is 126 Å². The van der Waals surface area contributed by atoms with Gasteiger partial charge in [0.05, 0.1) is 17.5 Å². The molecule has 0 spiro atoms. The summed E-state index contributed by atoms with van der Waals surface area (Å²) >= 11 is 0. The van der Waals surface area contributed by atoms with Gasteiger partial charge in [0.1, 0.15) is 5.54 Å². The molecule has 1 aliphatic carbocycles. The van der Waals surface area contributed by atoms with E-state index in [4.69, 9.17) is 10.5 Å². The van der Waals surface area contributed by atoms with Crippen LogP contribution in [0.15, 0.2) is 6.20 Å². The molecule has 0 radical (unpaired) electrons. The number of nitrogens with two attached hydrogens (primary N) is 1. The topological polar surface area (TPSA) is 82.2 Å². The van der Waals surface area contributed by atoms with Crippen LogP contribution in [0.25, 0.3) is 0 Å². The van der Waals surface area contributed by atoms with Gasteiger partial charge in [-0.1, -0.05) is 20.8 Å². The second-order valence-corrected chi connectivity index (χ2v) is 6.31. The molecule has 1 aromatic rings. The van der Waals surface area contributed by atoms with Gasteiger partial charge in [-0.2, -0.15) is 5.10 Å². The van der Waals surface area contributed by atoms with Crippen LogP contribution in [-0.4, -0.2) is 33.9 Å². The van der Waals surface area contributed by atoms with E-state index in [1.54, 1.807) is 4.68 Å². The van der Waals surface area contributed by atoms with E-state index < -0.39 is 5.54 Å². The van der Waals surface area contributed by atoms with Crippen molar-refractivity contribution in [3.8, 4) is 0 Å². The number of hydrogen-bond acceptors (Lipinski definition) is 4. The smallest absolute Gasteiger partial charge is 0.245 e. The zero-order valence-corrected chi connectivity index (χ0v) is 13.6. The van der Waals surface area contributed by atoms with E-state index in [-0.39, 0.29) is 17.4 Å². The maximum Gasteiger partial charge on any atom is 0.245 e. The van der Waals surface area contributed by atoms with Crippen LogP contribution < -0.4 is 11.1 Å². The molecular formula is C15H26N4O2. The zero-order valence-electron chi connectivity index (χ0n) is 13.6. The van der Waals surface area contributed by atoms with Gasteiger partial charge in [-0.25, -0.2) is 0 Å². The van der Waals surface area contributed by atoms with Gasteiger partial charge in [-0.3, -0.25) is 9.48 Å². The molecule has 1 aromatic heterocycles. The lowest BCUT2D eigenvalue weighted by Gasteiger charge is -2.57. The Morgan fingerprint density at radius 1 is 1.57 bits per heavy atom. The normalized spacial score (nSPS) is 27.2. The Balaban J connectivity index is 2.14.